The smallest absolute Gasteiger partial charge is 0.338 e. The van der Waals surface area contributed by atoms with Crippen LogP contribution in [-0.2, 0) is 25.7 Å². The second kappa shape index (κ2) is 7.38. The van der Waals surface area contributed by atoms with E-state index in [1.54, 1.807) is 20.8 Å². The number of rotatable bonds is 7. The molecule has 6 nitrogen and oxygen atoms in total. The second-order valence-electron chi connectivity index (χ2n) is 6.07. The van der Waals surface area contributed by atoms with Gasteiger partial charge >= 0.3 is 11.9 Å². The third kappa shape index (κ3) is 5.46. The normalized spacial score (nSPS) is 14.2. The molecule has 0 aliphatic rings. The summed E-state index contributed by atoms with van der Waals surface area (Å²) in [6, 6.07) is 9.43. The molecular formula is C16H23NO5. The van der Waals surface area contributed by atoms with E-state index in [0.717, 1.165) is 5.56 Å². The summed E-state index contributed by atoms with van der Waals surface area (Å²) in [5.74, 6) is -2.39. The van der Waals surface area contributed by atoms with Crippen molar-refractivity contribution in [2.75, 3.05) is 6.61 Å². The van der Waals surface area contributed by atoms with Crippen LogP contribution in [0.3, 0.4) is 0 Å². The molecule has 0 radical (unpaired) electrons. The molecule has 0 aliphatic heterocycles. The highest BCUT2D eigenvalue weighted by Crippen LogP contribution is 2.17. The largest absolute Gasteiger partial charge is 0.479 e. The quantitative estimate of drug-likeness (QED) is 0.452. The van der Waals surface area contributed by atoms with Gasteiger partial charge < -0.3 is 20.3 Å². The number of carboxylic acid groups (broad SMARTS) is 1. The molecule has 0 saturated heterocycles. The van der Waals surface area contributed by atoms with Crippen molar-refractivity contribution in [2.24, 2.45) is 5.73 Å². The first-order valence-corrected chi connectivity index (χ1v) is 7.02. The third-order valence-electron chi connectivity index (χ3n) is 2.90. The summed E-state index contributed by atoms with van der Waals surface area (Å²) in [5.41, 5.74) is 3.76. The first-order valence-electron chi connectivity index (χ1n) is 7.02. The average molecular weight is 309 g/mol. The molecule has 1 atom stereocenters. The molecular weight excluding hydrogens is 286 g/mol. The molecule has 0 bridgehead atoms. The second-order valence-corrected chi connectivity index (χ2v) is 6.07. The number of carbonyl (C=O) groups is 2. The highest BCUT2D eigenvalue weighted by Gasteiger charge is 2.45. The monoisotopic (exact) mass is 309 g/mol. The van der Waals surface area contributed by atoms with Crippen molar-refractivity contribution in [3.63, 3.8) is 0 Å². The predicted molar refractivity (Wildman–Crippen MR) is 81.1 cm³/mol. The Hall–Kier alpha value is -1.92. The minimum absolute atomic E-state index is 0.0386. The fourth-order valence-corrected chi connectivity index (χ4v) is 1.66. The lowest BCUT2D eigenvalue weighted by Gasteiger charge is -2.28. The maximum atomic E-state index is 12.0. The van der Waals surface area contributed by atoms with E-state index in [9.17, 15) is 14.7 Å². The fraction of sp³-hybridized carbons (Fsp3) is 0.500. The zero-order valence-electron chi connectivity index (χ0n) is 13.2. The van der Waals surface area contributed by atoms with Gasteiger partial charge in [-0.15, -0.1) is 0 Å². The number of hydrogen-bond donors (Lipinski definition) is 2. The Kier molecular flexibility index (Phi) is 6.08. The van der Waals surface area contributed by atoms with Crippen molar-refractivity contribution >= 4 is 11.9 Å². The van der Waals surface area contributed by atoms with Gasteiger partial charge in [0, 0.05) is 13.0 Å². The summed E-state index contributed by atoms with van der Waals surface area (Å²) in [6.45, 7) is 5.32. The van der Waals surface area contributed by atoms with Crippen molar-refractivity contribution in [1.82, 2.24) is 0 Å². The van der Waals surface area contributed by atoms with Crippen molar-refractivity contribution in [2.45, 2.75) is 44.9 Å². The number of benzene rings is 1. The average Bonchev–Trinajstić information content (AvgIpc) is 2.42. The Morgan fingerprint density at radius 2 is 1.77 bits per heavy atom. The van der Waals surface area contributed by atoms with Crippen LogP contribution >= 0.6 is 0 Å². The number of ether oxygens (including phenoxy) is 2. The molecule has 22 heavy (non-hydrogen) atoms. The molecule has 0 aromatic heterocycles. The van der Waals surface area contributed by atoms with Gasteiger partial charge in [0.25, 0.3) is 0 Å². The van der Waals surface area contributed by atoms with Crippen LogP contribution < -0.4 is 5.73 Å². The Morgan fingerprint density at radius 3 is 2.27 bits per heavy atom. The van der Waals surface area contributed by atoms with Crippen LogP contribution in [0.25, 0.3) is 0 Å². The van der Waals surface area contributed by atoms with Gasteiger partial charge in [-0.3, -0.25) is 0 Å². The molecule has 122 valence electrons. The lowest BCUT2D eigenvalue weighted by atomic mass is 9.97. The van der Waals surface area contributed by atoms with Gasteiger partial charge in [0.05, 0.1) is 6.61 Å². The lowest BCUT2D eigenvalue weighted by Crippen LogP contribution is -2.57. The zero-order chi connectivity index (χ0) is 16.8. The minimum atomic E-state index is -2.11. The van der Waals surface area contributed by atoms with Crippen LogP contribution in [0.5, 0.6) is 0 Å². The molecule has 0 amide bonds. The van der Waals surface area contributed by atoms with E-state index in [1.807, 2.05) is 30.3 Å². The zero-order valence-corrected chi connectivity index (χ0v) is 13.2. The number of carboxylic acids is 1. The Bertz CT molecular complexity index is 509. The summed E-state index contributed by atoms with van der Waals surface area (Å²) < 4.78 is 10.5. The van der Waals surface area contributed by atoms with Crippen molar-refractivity contribution in [3.8, 4) is 0 Å². The van der Waals surface area contributed by atoms with Gasteiger partial charge in [-0.2, -0.15) is 0 Å². The first kappa shape index (κ1) is 18.1. The number of hydrogen-bond acceptors (Lipinski definition) is 5. The number of aliphatic carboxylic acids is 1. The predicted octanol–water partition coefficient (Wildman–Crippen LogP) is 1.72. The van der Waals surface area contributed by atoms with Crippen LogP contribution in [0, 0.1) is 0 Å². The molecule has 1 rings (SSSR count). The van der Waals surface area contributed by atoms with Gasteiger partial charge in [-0.1, -0.05) is 30.3 Å². The van der Waals surface area contributed by atoms with Gasteiger partial charge in [0.2, 0.25) is 5.54 Å². The maximum Gasteiger partial charge on any atom is 0.338 e. The molecule has 1 aromatic rings. The molecule has 0 spiro atoms. The highest BCUT2D eigenvalue weighted by molar-refractivity contribution is 6.03. The molecule has 6 heteroatoms. The Labute approximate surface area is 130 Å². The van der Waals surface area contributed by atoms with E-state index >= 15 is 0 Å². The molecule has 0 aliphatic carbocycles. The third-order valence-corrected chi connectivity index (χ3v) is 2.90. The van der Waals surface area contributed by atoms with Crippen molar-refractivity contribution in [1.29, 1.82) is 0 Å². The van der Waals surface area contributed by atoms with Crippen molar-refractivity contribution < 1.29 is 24.2 Å². The van der Waals surface area contributed by atoms with Crippen LogP contribution in [0.2, 0.25) is 0 Å². The van der Waals surface area contributed by atoms with E-state index in [1.165, 1.54) is 0 Å². The maximum absolute atomic E-state index is 12.0. The summed E-state index contributed by atoms with van der Waals surface area (Å²) in [5, 5.41) is 9.23. The number of carbonyl (C=O) groups excluding carboxylic acids is 1. The van der Waals surface area contributed by atoms with Crippen molar-refractivity contribution in [3.05, 3.63) is 35.9 Å². The van der Waals surface area contributed by atoms with E-state index in [4.69, 9.17) is 15.2 Å². The molecule has 1 aromatic carbocycles. The topological polar surface area (TPSA) is 98.9 Å². The molecule has 0 heterocycles. The summed E-state index contributed by atoms with van der Waals surface area (Å²) in [7, 11) is 0. The van der Waals surface area contributed by atoms with E-state index < -0.39 is 23.1 Å². The standard InChI is InChI=1S/C16H23NO5/c1-15(2,3)22-14(20)16(17,13(18)19)9-10-21-11-12-7-5-4-6-8-12/h4-8H,9-11,17H2,1-3H3,(H,18,19). The lowest BCUT2D eigenvalue weighted by molar-refractivity contribution is -0.170. The van der Waals surface area contributed by atoms with Gasteiger partial charge in [-0.25, -0.2) is 9.59 Å². The van der Waals surface area contributed by atoms with Gasteiger partial charge in [0.15, 0.2) is 0 Å². The summed E-state index contributed by atoms with van der Waals surface area (Å²) in [4.78, 5) is 23.3. The first-order chi connectivity index (χ1) is 10.1. The van der Waals surface area contributed by atoms with Crippen LogP contribution in [0.1, 0.15) is 32.8 Å². The molecule has 1 unspecified atom stereocenters. The highest BCUT2D eigenvalue weighted by atomic mass is 16.6. The summed E-state index contributed by atoms with van der Waals surface area (Å²) >= 11 is 0. The van der Waals surface area contributed by atoms with Crippen LogP contribution in [-0.4, -0.2) is 34.8 Å². The molecule has 0 fully saturated rings. The van der Waals surface area contributed by atoms with Gasteiger partial charge in [0.1, 0.15) is 5.60 Å². The summed E-state index contributed by atoms with van der Waals surface area (Å²) in [6.07, 6.45) is -0.163. The van der Waals surface area contributed by atoms with Crippen LogP contribution in [0.15, 0.2) is 30.3 Å². The Morgan fingerprint density at radius 1 is 1.18 bits per heavy atom. The van der Waals surface area contributed by atoms with E-state index in [2.05, 4.69) is 0 Å². The SMILES string of the molecule is CC(C)(C)OC(=O)C(N)(CCOCc1ccccc1)C(=O)O. The number of esters is 1. The minimum Gasteiger partial charge on any atom is -0.479 e. The van der Waals surface area contributed by atoms with Crippen LogP contribution in [0.4, 0.5) is 0 Å². The fourth-order valence-electron chi connectivity index (χ4n) is 1.66. The number of nitrogens with two attached hydrogens (primary N) is 1. The van der Waals surface area contributed by atoms with E-state index in [-0.39, 0.29) is 13.0 Å². The molecule has 3 N–H and O–H groups in total. The van der Waals surface area contributed by atoms with E-state index in [0.29, 0.717) is 6.61 Å². The molecule has 0 saturated carbocycles. The Balaban J connectivity index is 2.57. The van der Waals surface area contributed by atoms with Gasteiger partial charge in [-0.05, 0) is 26.3 Å².